The molecule has 1 saturated heterocycles. The highest BCUT2D eigenvalue weighted by Gasteiger charge is 2.31. The quantitative estimate of drug-likeness (QED) is 0.555. The van der Waals surface area contributed by atoms with Crippen molar-refractivity contribution in [3.8, 4) is 0 Å². The molecule has 1 heterocycles. The summed E-state index contributed by atoms with van der Waals surface area (Å²) in [6.07, 6.45) is -1.31. The predicted molar refractivity (Wildman–Crippen MR) is 87.9 cm³/mol. The third-order valence-corrected chi connectivity index (χ3v) is 3.94. The molecule has 6 nitrogen and oxygen atoms in total. The summed E-state index contributed by atoms with van der Waals surface area (Å²) in [5, 5.41) is 6.02. The van der Waals surface area contributed by atoms with Crippen LogP contribution in [0, 0.1) is 0 Å². The van der Waals surface area contributed by atoms with Crippen molar-refractivity contribution in [1.29, 1.82) is 0 Å². The molecule has 24 heavy (non-hydrogen) atoms. The van der Waals surface area contributed by atoms with Gasteiger partial charge in [-0.2, -0.15) is 13.2 Å². The molecule has 1 aliphatic heterocycles. The van der Waals surface area contributed by atoms with E-state index in [-0.39, 0.29) is 12.6 Å². The maximum Gasteiger partial charge on any atom is 0.406 e. The fourth-order valence-electron chi connectivity index (χ4n) is 2.66. The van der Waals surface area contributed by atoms with Gasteiger partial charge in [-0.3, -0.25) is 9.79 Å². The van der Waals surface area contributed by atoms with Crippen LogP contribution in [0.5, 0.6) is 0 Å². The molecule has 0 aromatic rings. The molecule has 1 rings (SSSR count). The van der Waals surface area contributed by atoms with E-state index in [1.807, 2.05) is 0 Å². The number of carbonyl (C=O) groups excluding carboxylic acids is 1. The zero-order chi connectivity index (χ0) is 18.2. The van der Waals surface area contributed by atoms with Crippen LogP contribution in [-0.2, 0) is 4.79 Å². The number of carbonyl (C=O) groups is 1. The van der Waals surface area contributed by atoms with Crippen molar-refractivity contribution in [3.63, 3.8) is 0 Å². The van der Waals surface area contributed by atoms with Gasteiger partial charge in [0.1, 0.15) is 6.54 Å². The minimum absolute atomic E-state index is 0.221. The van der Waals surface area contributed by atoms with Crippen LogP contribution in [-0.4, -0.2) is 80.7 Å². The SMILES string of the molecule is CCCN1CCC(NC(=NC)NCC(=O)N(C)CC(F)(F)F)CC1. The minimum Gasteiger partial charge on any atom is -0.354 e. The topological polar surface area (TPSA) is 60.0 Å². The number of aliphatic imine (C=N–C) groups is 1. The molecule has 2 N–H and O–H groups in total. The van der Waals surface area contributed by atoms with Crippen LogP contribution in [0.2, 0.25) is 0 Å². The largest absolute Gasteiger partial charge is 0.406 e. The Balaban J connectivity index is 2.34. The van der Waals surface area contributed by atoms with E-state index >= 15 is 0 Å². The number of nitrogens with one attached hydrogen (secondary N) is 2. The van der Waals surface area contributed by atoms with Gasteiger partial charge in [0.15, 0.2) is 5.96 Å². The van der Waals surface area contributed by atoms with Gasteiger partial charge in [0, 0.05) is 33.2 Å². The number of likely N-dealkylation sites (N-methyl/N-ethyl adjacent to an activating group) is 1. The van der Waals surface area contributed by atoms with Crippen LogP contribution < -0.4 is 10.6 Å². The zero-order valence-corrected chi connectivity index (χ0v) is 14.6. The highest BCUT2D eigenvalue weighted by Crippen LogP contribution is 2.15. The highest BCUT2D eigenvalue weighted by atomic mass is 19.4. The molecule has 0 radical (unpaired) electrons. The first-order valence-electron chi connectivity index (χ1n) is 8.25. The molecule has 0 bridgehead atoms. The van der Waals surface area contributed by atoms with Crippen molar-refractivity contribution in [2.24, 2.45) is 4.99 Å². The summed E-state index contributed by atoms with van der Waals surface area (Å²) in [6, 6.07) is 0.257. The number of alkyl halides is 3. The van der Waals surface area contributed by atoms with Gasteiger partial charge in [-0.05, 0) is 25.8 Å². The number of rotatable bonds is 6. The molecule has 0 aliphatic carbocycles. The Kier molecular flexibility index (Phi) is 8.30. The molecule has 0 saturated carbocycles. The van der Waals surface area contributed by atoms with Crippen molar-refractivity contribution in [2.75, 3.05) is 46.8 Å². The Bertz CT molecular complexity index is 420. The number of halogens is 3. The van der Waals surface area contributed by atoms with Gasteiger partial charge in [-0.15, -0.1) is 0 Å². The van der Waals surface area contributed by atoms with Crippen molar-refractivity contribution in [2.45, 2.75) is 38.4 Å². The molecule has 1 fully saturated rings. The van der Waals surface area contributed by atoms with Gasteiger partial charge in [-0.1, -0.05) is 6.92 Å². The Morgan fingerprint density at radius 3 is 2.46 bits per heavy atom. The summed E-state index contributed by atoms with van der Waals surface area (Å²) < 4.78 is 36.8. The number of piperidine rings is 1. The average molecular weight is 351 g/mol. The second-order valence-electron chi connectivity index (χ2n) is 6.05. The summed E-state index contributed by atoms with van der Waals surface area (Å²) in [5.41, 5.74) is 0. The number of likely N-dealkylation sites (tertiary alicyclic amines) is 1. The molecule has 1 aliphatic rings. The number of hydrogen-bond acceptors (Lipinski definition) is 3. The van der Waals surface area contributed by atoms with Gasteiger partial charge in [-0.25, -0.2) is 0 Å². The second kappa shape index (κ2) is 9.71. The first-order chi connectivity index (χ1) is 11.2. The van der Waals surface area contributed by atoms with Crippen LogP contribution in [0.15, 0.2) is 4.99 Å². The van der Waals surface area contributed by atoms with Crippen LogP contribution >= 0.6 is 0 Å². The summed E-state index contributed by atoms with van der Waals surface area (Å²) >= 11 is 0. The summed E-state index contributed by atoms with van der Waals surface area (Å²) in [7, 11) is 2.71. The summed E-state index contributed by atoms with van der Waals surface area (Å²) in [4.78, 5) is 18.8. The van der Waals surface area contributed by atoms with Gasteiger partial charge in [0.25, 0.3) is 0 Å². The third kappa shape index (κ3) is 7.85. The van der Waals surface area contributed by atoms with E-state index in [4.69, 9.17) is 0 Å². The monoisotopic (exact) mass is 351 g/mol. The maximum absolute atomic E-state index is 12.3. The predicted octanol–water partition coefficient (Wildman–Crippen LogP) is 1.05. The molecule has 0 atom stereocenters. The molecule has 0 aromatic carbocycles. The Morgan fingerprint density at radius 1 is 1.33 bits per heavy atom. The number of hydrogen-bond donors (Lipinski definition) is 2. The molecule has 9 heteroatoms. The fraction of sp³-hybridized carbons (Fsp3) is 0.867. The second-order valence-corrected chi connectivity index (χ2v) is 6.05. The molecule has 140 valence electrons. The fourth-order valence-corrected chi connectivity index (χ4v) is 2.66. The molecular formula is C15H28F3N5O. The van der Waals surface area contributed by atoms with Crippen molar-refractivity contribution in [1.82, 2.24) is 20.4 Å². The first kappa shape index (κ1) is 20.5. The zero-order valence-electron chi connectivity index (χ0n) is 14.6. The standard InChI is InChI=1S/C15H28F3N5O/c1-4-7-23-8-5-12(6-9-23)21-14(19-2)20-10-13(24)22(3)11-15(16,17)18/h12H,4-11H2,1-3H3,(H2,19,20,21). The van der Waals surface area contributed by atoms with E-state index in [1.54, 1.807) is 7.05 Å². The van der Waals surface area contributed by atoms with E-state index in [1.165, 1.54) is 0 Å². The average Bonchev–Trinajstić information content (AvgIpc) is 2.51. The van der Waals surface area contributed by atoms with E-state index < -0.39 is 18.6 Å². The Labute approximate surface area is 141 Å². The lowest BCUT2D eigenvalue weighted by Gasteiger charge is -2.32. The van der Waals surface area contributed by atoms with Gasteiger partial charge in [0.2, 0.25) is 5.91 Å². The first-order valence-corrected chi connectivity index (χ1v) is 8.25. The van der Waals surface area contributed by atoms with Gasteiger partial charge < -0.3 is 20.4 Å². The number of nitrogens with zero attached hydrogens (tertiary/aromatic N) is 3. The Morgan fingerprint density at radius 2 is 1.96 bits per heavy atom. The maximum atomic E-state index is 12.3. The van der Waals surface area contributed by atoms with Gasteiger partial charge in [0.05, 0.1) is 6.54 Å². The van der Waals surface area contributed by atoms with Crippen LogP contribution in [0.3, 0.4) is 0 Å². The summed E-state index contributed by atoms with van der Waals surface area (Å²) in [6.45, 7) is 3.80. The molecule has 0 unspecified atom stereocenters. The molecular weight excluding hydrogens is 323 g/mol. The lowest BCUT2D eigenvalue weighted by Crippen LogP contribution is -2.51. The molecule has 1 amide bonds. The van der Waals surface area contributed by atoms with Crippen LogP contribution in [0.4, 0.5) is 13.2 Å². The van der Waals surface area contributed by atoms with E-state index in [2.05, 4.69) is 27.4 Å². The third-order valence-electron chi connectivity index (χ3n) is 3.94. The van der Waals surface area contributed by atoms with Crippen LogP contribution in [0.1, 0.15) is 26.2 Å². The van der Waals surface area contributed by atoms with Crippen molar-refractivity contribution in [3.05, 3.63) is 0 Å². The number of guanidine groups is 1. The normalized spacial score (nSPS) is 17.7. The van der Waals surface area contributed by atoms with Crippen LogP contribution in [0.25, 0.3) is 0 Å². The van der Waals surface area contributed by atoms with E-state index in [0.717, 1.165) is 45.9 Å². The summed E-state index contributed by atoms with van der Waals surface area (Å²) in [5.74, 6) is -0.189. The molecule has 0 aromatic heterocycles. The Hall–Kier alpha value is -1.51. The highest BCUT2D eigenvalue weighted by molar-refractivity contribution is 5.86. The van der Waals surface area contributed by atoms with E-state index in [9.17, 15) is 18.0 Å². The smallest absolute Gasteiger partial charge is 0.354 e. The molecule has 0 spiro atoms. The number of amides is 1. The van der Waals surface area contributed by atoms with Gasteiger partial charge >= 0.3 is 6.18 Å². The van der Waals surface area contributed by atoms with E-state index in [0.29, 0.717) is 10.9 Å². The van der Waals surface area contributed by atoms with Crippen molar-refractivity contribution >= 4 is 11.9 Å². The van der Waals surface area contributed by atoms with Crippen molar-refractivity contribution < 1.29 is 18.0 Å². The lowest BCUT2D eigenvalue weighted by molar-refractivity contribution is -0.157. The minimum atomic E-state index is -4.39. The lowest BCUT2D eigenvalue weighted by atomic mass is 10.1.